The summed E-state index contributed by atoms with van der Waals surface area (Å²) in [7, 11) is 0. The third-order valence-corrected chi connectivity index (χ3v) is 8.76. The first-order valence-corrected chi connectivity index (χ1v) is 14.6. The van der Waals surface area contributed by atoms with E-state index in [-0.39, 0.29) is 11.8 Å². The monoisotopic (exact) mass is 590 g/mol. The molecule has 2 amide bonds. The van der Waals surface area contributed by atoms with Crippen LogP contribution in [0.1, 0.15) is 65.9 Å². The fourth-order valence-electron chi connectivity index (χ4n) is 5.39. The van der Waals surface area contributed by atoms with Crippen molar-refractivity contribution in [2.75, 3.05) is 5.32 Å². The number of carboxylic acid groups (broad SMARTS) is 2. The van der Waals surface area contributed by atoms with Crippen LogP contribution < -0.4 is 10.6 Å². The summed E-state index contributed by atoms with van der Waals surface area (Å²) in [5.41, 5.74) is 2.05. The summed E-state index contributed by atoms with van der Waals surface area (Å²) in [6.45, 7) is 13.7. The van der Waals surface area contributed by atoms with Gasteiger partial charge in [0.05, 0.1) is 23.2 Å². The van der Waals surface area contributed by atoms with Crippen molar-refractivity contribution < 1.29 is 29.4 Å². The Labute approximate surface area is 252 Å². The van der Waals surface area contributed by atoms with E-state index >= 15 is 0 Å². The van der Waals surface area contributed by atoms with Gasteiger partial charge in [-0.05, 0) is 81.0 Å². The first kappa shape index (κ1) is 33.2. The number of aliphatic carboxylic acids is 2. The zero-order chi connectivity index (χ0) is 31.9. The summed E-state index contributed by atoms with van der Waals surface area (Å²) in [4.78, 5) is 50.4. The zero-order valence-corrected chi connectivity index (χ0v) is 25.5. The van der Waals surface area contributed by atoms with Gasteiger partial charge in [0.2, 0.25) is 11.8 Å². The molecule has 1 fully saturated rings. The Bertz CT molecular complexity index is 1370. The van der Waals surface area contributed by atoms with E-state index in [4.69, 9.17) is 0 Å². The number of allylic oxidation sites excluding steroid dienone is 1. The molecule has 1 aliphatic rings. The largest absolute Gasteiger partial charge is 0.481 e. The molecule has 10 heteroatoms. The molecule has 2 aromatic rings. The van der Waals surface area contributed by atoms with Gasteiger partial charge in [-0.25, -0.2) is 0 Å². The number of benzene rings is 2. The second-order valence-electron chi connectivity index (χ2n) is 12.1. The highest BCUT2D eigenvalue weighted by Gasteiger charge is 2.53. The smallest absolute Gasteiger partial charge is 0.307 e. The van der Waals surface area contributed by atoms with Crippen molar-refractivity contribution in [1.29, 1.82) is 0 Å². The Hall–Kier alpha value is -4.34. The summed E-state index contributed by atoms with van der Waals surface area (Å²) in [5, 5.41) is 33.6. The van der Waals surface area contributed by atoms with Crippen LogP contribution in [-0.4, -0.2) is 39.5 Å². The lowest BCUT2D eigenvalue weighted by Gasteiger charge is -2.29. The van der Waals surface area contributed by atoms with Gasteiger partial charge in [-0.15, -0.1) is 6.58 Å². The van der Waals surface area contributed by atoms with Crippen molar-refractivity contribution in [3.05, 3.63) is 66.7 Å². The predicted molar refractivity (Wildman–Crippen MR) is 165 cm³/mol. The molecule has 0 bridgehead atoms. The summed E-state index contributed by atoms with van der Waals surface area (Å²) >= 11 is 0. The van der Waals surface area contributed by atoms with Gasteiger partial charge in [0.25, 0.3) is 0 Å². The van der Waals surface area contributed by atoms with E-state index < -0.39 is 59.4 Å². The van der Waals surface area contributed by atoms with Gasteiger partial charge in [-0.3, -0.25) is 19.2 Å². The Balaban J connectivity index is 1.75. The number of hydrogen-bond donors (Lipinski definition) is 4. The molecular weight excluding hydrogens is 548 g/mol. The van der Waals surface area contributed by atoms with Gasteiger partial charge in [0, 0.05) is 29.0 Å². The molecule has 5 unspecified atom stereocenters. The highest BCUT2D eigenvalue weighted by Crippen LogP contribution is 2.45. The standard InChI is InChI=1S/C33H42N4O6/c1-7-32(4,5)35-29(40)25-18-26(31(42)43)28(24(25)19-27(38)39)30(41)34-21-14-16-23(17-15-21)37-36-22-12-10-20(11-13-22)33(6,8-2)9-3/h8,10-17,24-26,28H,2,7,9,18-19H2,1,3-6H3,(H,34,41)(H,35,40)(H,38,39)(H,42,43)/b37-36+. The topological polar surface area (TPSA) is 158 Å². The van der Waals surface area contributed by atoms with Crippen LogP contribution in [0.25, 0.3) is 0 Å². The van der Waals surface area contributed by atoms with Gasteiger partial charge in [-0.1, -0.05) is 39.0 Å². The number of carbonyl (C=O) groups excluding carboxylic acids is 2. The molecule has 230 valence electrons. The van der Waals surface area contributed by atoms with Crippen molar-refractivity contribution in [2.24, 2.45) is 33.9 Å². The van der Waals surface area contributed by atoms with Crippen LogP contribution in [0.15, 0.2) is 71.4 Å². The number of azo groups is 1. The second-order valence-corrected chi connectivity index (χ2v) is 12.1. The van der Waals surface area contributed by atoms with Crippen molar-refractivity contribution in [2.45, 2.75) is 71.3 Å². The molecule has 0 heterocycles. The van der Waals surface area contributed by atoms with Gasteiger partial charge in [0.1, 0.15) is 0 Å². The molecule has 2 aromatic carbocycles. The van der Waals surface area contributed by atoms with E-state index in [1.807, 2.05) is 51.1 Å². The van der Waals surface area contributed by atoms with Crippen LogP contribution >= 0.6 is 0 Å². The number of rotatable bonds is 13. The second kappa shape index (κ2) is 13.8. The normalized spacial score (nSPS) is 21.6. The van der Waals surface area contributed by atoms with Gasteiger partial charge in [0.15, 0.2) is 0 Å². The lowest BCUT2D eigenvalue weighted by molar-refractivity contribution is -0.147. The Kier molecular flexibility index (Phi) is 10.6. The van der Waals surface area contributed by atoms with Crippen LogP contribution in [-0.2, 0) is 24.6 Å². The molecule has 4 N–H and O–H groups in total. The van der Waals surface area contributed by atoms with Crippen LogP contribution in [0.5, 0.6) is 0 Å². The zero-order valence-electron chi connectivity index (χ0n) is 25.5. The quantitative estimate of drug-likeness (QED) is 0.151. The molecule has 0 radical (unpaired) electrons. The molecule has 5 atom stereocenters. The van der Waals surface area contributed by atoms with Crippen LogP contribution in [0.2, 0.25) is 0 Å². The van der Waals surface area contributed by atoms with E-state index in [1.165, 1.54) is 0 Å². The fraction of sp³-hybridized carbons (Fsp3) is 0.455. The SMILES string of the molecule is C=CC(C)(CC)c1ccc(/N=N/c2ccc(NC(=O)C3C(C(=O)O)CC(C(=O)NC(C)(C)CC)C3CC(=O)O)cc2)cc1. The third-order valence-electron chi connectivity index (χ3n) is 8.76. The maximum Gasteiger partial charge on any atom is 0.307 e. The van der Waals surface area contributed by atoms with Crippen molar-refractivity contribution in [1.82, 2.24) is 5.32 Å². The number of anilines is 1. The molecule has 1 aliphatic carbocycles. The summed E-state index contributed by atoms with van der Waals surface area (Å²) in [6.07, 6.45) is 2.86. The van der Waals surface area contributed by atoms with E-state index in [2.05, 4.69) is 41.3 Å². The number of carbonyl (C=O) groups is 4. The number of amides is 2. The first-order valence-electron chi connectivity index (χ1n) is 14.6. The Morgan fingerprint density at radius 1 is 0.884 bits per heavy atom. The van der Waals surface area contributed by atoms with Crippen LogP contribution in [0.3, 0.4) is 0 Å². The number of carboxylic acids is 2. The van der Waals surface area contributed by atoms with Crippen molar-refractivity contribution in [3.8, 4) is 0 Å². The average molecular weight is 591 g/mol. The minimum atomic E-state index is -1.24. The summed E-state index contributed by atoms with van der Waals surface area (Å²) in [6, 6.07) is 14.3. The number of hydrogen-bond acceptors (Lipinski definition) is 6. The Morgan fingerprint density at radius 2 is 1.44 bits per heavy atom. The molecule has 10 nitrogen and oxygen atoms in total. The summed E-state index contributed by atoms with van der Waals surface area (Å²) in [5.74, 6) is -7.84. The van der Waals surface area contributed by atoms with Gasteiger partial charge < -0.3 is 20.8 Å². The summed E-state index contributed by atoms with van der Waals surface area (Å²) < 4.78 is 0. The van der Waals surface area contributed by atoms with E-state index in [0.29, 0.717) is 23.5 Å². The highest BCUT2D eigenvalue weighted by atomic mass is 16.4. The minimum absolute atomic E-state index is 0.119. The molecule has 0 aliphatic heterocycles. The molecule has 43 heavy (non-hydrogen) atoms. The number of nitrogens with zero attached hydrogens (tertiary/aromatic N) is 2. The maximum atomic E-state index is 13.4. The minimum Gasteiger partial charge on any atom is -0.481 e. The maximum absolute atomic E-state index is 13.4. The van der Waals surface area contributed by atoms with Crippen LogP contribution in [0.4, 0.5) is 17.1 Å². The molecule has 1 saturated carbocycles. The highest BCUT2D eigenvalue weighted by molar-refractivity contribution is 5.97. The van der Waals surface area contributed by atoms with Crippen molar-refractivity contribution in [3.63, 3.8) is 0 Å². The Morgan fingerprint density at radius 3 is 1.91 bits per heavy atom. The molecule has 0 aromatic heterocycles. The molecule has 3 rings (SSSR count). The molecule has 0 saturated heterocycles. The lowest BCUT2D eigenvalue weighted by Crippen LogP contribution is -2.47. The van der Waals surface area contributed by atoms with Crippen molar-refractivity contribution >= 4 is 40.8 Å². The molecular formula is C33H42N4O6. The van der Waals surface area contributed by atoms with Gasteiger partial charge >= 0.3 is 11.9 Å². The van der Waals surface area contributed by atoms with E-state index in [9.17, 15) is 29.4 Å². The van der Waals surface area contributed by atoms with Gasteiger partial charge in [-0.2, -0.15) is 10.2 Å². The average Bonchev–Trinajstić information content (AvgIpc) is 3.35. The first-order chi connectivity index (χ1) is 20.2. The van der Waals surface area contributed by atoms with E-state index in [1.54, 1.807) is 24.3 Å². The lowest BCUT2D eigenvalue weighted by atomic mass is 9.80. The third kappa shape index (κ3) is 8.15. The van der Waals surface area contributed by atoms with Crippen LogP contribution in [0, 0.1) is 23.7 Å². The molecule has 0 spiro atoms. The van der Waals surface area contributed by atoms with E-state index in [0.717, 1.165) is 12.0 Å². The predicted octanol–water partition coefficient (Wildman–Crippen LogP) is 6.63. The number of nitrogens with one attached hydrogen (secondary N) is 2. The fourth-order valence-corrected chi connectivity index (χ4v) is 5.39.